The van der Waals surface area contributed by atoms with Crippen molar-refractivity contribution >= 4 is 17.7 Å². The average Bonchev–Trinajstić information content (AvgIpc) is 2.96. The Morgan fingerprint density at radius 3 is 2.81 bits per heavy atom. The van der Waals surface area contributed by atoms with E-state index in [0.29, 0.717) is 16.9 Å². The van der Waals surface area contributed by atoms with E-state index in [0.717, 1.165) is 32.4 Å². The third-order valence-electron chi connectivity index (χ3n) is 2.53. The number of amides is 1. The topological polar surface area (TPSA) is 59.2 Å². The molecule has 2 heterocycles. The summed E-state index contributed by atoms with van der Waals surface area (Å²) >= 11 is 1.32. The molecule has 1 aliphatic rings. The Labute approximate surface area is 98.6 Å². The Morgan fingerprint density at radius 2 is 2.19 bits per heavy atom. The van der Waals surface area contributed by atoms with Crippen LogP contribution in [-0.4, -0.2) is 39.8 Å². The van der Waals surface area contributed by atoms with Gasteiger partial charge in [0.1, 0.15) is 0 Å². The Balaban J connectivity index is 1.80. The van der Waals surface area contributed by atoms with Crippen LogP contribution in [0.2, 0.25) is 0 Å². The van der Waals surface area contributed by atoms with Crippen molar-refractivity contribution in [3.05, 3.63) is 5.89 Å². The highest BCUT2D eigenvalue weighted by molar-refractivity contribution is 7.99. The van der Waals surface area contributed by atoms with E-state index in [9.17, 15) is 4.79 Å². The summed E-state index contributed by atoms with van der Waals surface area (Å²) in [6, 6.07) is 0. The van der Waals surface area contributed by atoms with Crippen molar-refractivity contribution in [2.45, 2.75) is 31.4 Å². The SMILES string of the molecule is CCc1nnc(SCC(=O)N2CCCC2)o1. The molecule has 0 aromatic carbocycles. The van der Waals surface area contributed by atoms with Crippen LogP contribution in [0.3, 0.4) is 0 Å². The van der Waals surface area contributed by atoms with Gasteiger partial charge in [-0.2, -0.15) is 0 Å². The zero-order chi connectivity index (χ0) is 11.4. The van der Waals surface area contributed by atoms with Crippen molar-refractivity contribution in [2.24, 2.45) is 0 Å². The molecule has 5 nitrogen and oxygen atoms in total. The maximum absolute atomic E-state index is 11.7. The fraction of sp³-hybridized carbons (Fsp3) is 0.700. The quantitative estimate of drug-likeness (QED) is 0.745. The summed E-state index contributed by atoms with van der Waals surface area (Å²) in [6.07, 6.45) is 2.97. The van der Waals surface area contributed by atoms with E-state index < -0.39 is 0 Å². The van der Waals surface area contributed by atoms with Crippen LogP contribution in [0, 0.1) is 0 Å². The number of aromatic nitrogens is 2. The molecule has 1 amide bonds. The van der Waals surface area contributed by atoms with Crippen LogP contribution in [0.25, 0.3) is 0 Å². The molecule has 0 saturated carbocycles. The maximum Gasteiger partial charge on any atom is 0.277 e. The number of rotatable bonds is 4. The highest BCUT2D eigenvalue weighted by Gasteiger charge is 2.18. The van der Waals surface area contributed by atoms with E-state index >= 15 is 0 Å². The van der Waals surface area contributed by atoms with Gasteiger partial charge in [0.05, 0.1) is 5.75 Å². The summed E-state index contributed by atoms with van der Waals surface area (Å²) in [5.41, 5.74) is 0. The maximum atomic E-state index is 11.7. The van der Waals surface area contributed by atoms with Gasteiger partial charge in [0.2, 0.25) is 11.8 Å². The molecule has 6 heteroatoms. The molecule has 1 aromatic heterocycles. The van der Waals surface area contributed by atoms with Crippen molar-refractivity contribution < 1.29 is 9.21 Å². The Bertz CT molecular complexity index is 361. The molecular formula is C10H15N3O2S. The van der Waals surface area contributed by atoms with Crippen LogP contribution in [-0.2, 0) is 11.2 Å². The zero-order valence-corrected chi connectivity index (χ0v) is 10.1. The first kappa shape index (κ1) is 11.4. The largest absolute Gasteiger partial charge is 0.416 e. The lowest BCUT2D eigenvalue weighted by Crippen LogP contribution is -2.29. The molecule has 0 aliphatic carbocycles. The lowest BCUT2D eigenvalue weighted by Gasteiger charge is -2.13. The molecule has 16 heavy (non-hydrogen) atoms. The summed E-state index contributed by atoms with van der Waals surface area (Å²) in [5.74, 6) is 1.18. The number of likely N-dealkylation sites (tertiary alicyclic amines) is 1. The molecule has 0 unspecified atom stereocenters. The van der Waals surface area contributed by atoms with Gasteiger partial charge in [-0.25, -0.2) is 0 Å². The monoisotopic (exact) mass is 241 g/mol. The average molecular weight is 241 g/mol. The predicted octanol–water partition coefficient (Wildman–Crippen LogP) is 1.35. The standard InChI is InChI=1S/C10H15N3O2S/c1-2-8-11-12-10(15-8)16-7-9(14)13-5-3-4-6-13/h2-7H2,1H3. The summed E-state index contributed by atoms with van der Waals surface area (Å²) in [4.78, 5) is 13.6. The smallest absolute Gasteiger partial charge is 0.277 e. The van der Waals surface area contributed by atoms with Gasteiger partial charge in [0.25, 0.3) is 5.22 Å². The molecule has 2 rings (SSSR count). The number of carbonyl (C=O) groups is 1. The van der Waals surface area contributed by atoms with Crippen molar-refractivity contribution in [1.82, 2.24) is 15.1 Å². The summed E-state index contributed by atoms with van der Waals surface area (Å²) in [7, 11) is 0. The van der Waals surface area contributed by atoms with E-state index in [4.69, 9.17) is 4.42 Å². The van der Waals surface area contributed by atoms with Gasteiger partial charge in [-0.05, 0) is 12.8 Å². The van der Waals surface area contributed by atoms with Crippen LogP contribution in [0.1, 0.15) is 25.7 Å². The number of hydrogen-bond donors (Lipinski definition) is 0. The molecule has 0 spiro atoms. The fourth-order valence-corrected chi connectivity index (χ4v) is 2.30. The van der Waals surface area contributed by atoms with E-state index in [1.165, 1.54) is 11.8 Å². The molecule has 1 saturated heterocycles. The van der Waals surface area contributed by atoms with Gasteiger partial charge in [0.15, 0.2) is 0 Å². The minimum absolute atomic E-state index is 0.166. The van der Waals surface area contributed by atoms with Gasteiger partial charge in [-0.15, -0.1) is 10.2 Å². The second kappa shape index (κ2) is 5.34. The number of nitrogens with zero attached hydrogens (tertiary/aromatic N) is 3. The second-order valence-corrected chi connectivity index (χ2v) is 4.62. The lowest BCUT2D eigenvalue weighted by atomic mass is 10.4. The normalized spacial score (nSPS) is 15.7. The van der Waals surface area contributed by atoms with Crippen LogP contribution in [0.4, 0.5) is 0 Å². The molecule has 0 radical (unpaired) electrons. The minimum atomic E-state index is 0.166. The summed E-state index contributed by atoms with van der Waals surface area (Å²) in [5, 5.41) is 8.20. The van der Waals surface area contributed by atoms with Crippen LogP contribution in [0.5, 0.6) is 0 Å². The first-order chi connectivity index (χ1) is 7.79. The van der Waals surface area contributed by atoms with Crippen molar-refractivity contribution in [3.63, 3.8) is 0 Å². The number of thioether (sulfide) groups is 1. The summed E-state index contributed by atoms with van der Waals surface area (Å²) < 4.78 is 5.32. The van der Waals surface area contributed by atoms with Gasteiger partial charge < -0.3 is 9.32 Å². The lowest BCUT2D eigenvalue weighted by molar-refractivity contribution is -0.127. The van der Waals surface area contributed by atoms with Crippen LogP contribution in [0.15, 0.2) is 9.64 Å². The molecule has 1 fully saturated rings. The Kier molecular flexibility index (Phi) is 3.82. The molecule has 0 N–H and O–H groups in total. The number of aryl methyl sites for hydroxylation is 1. The summed E-state index contributed by atoms with van der Waals surface area (Å²) in [6.45, 7) is 3.74. The molecule has 1 aliphatic heterocycles. The first-order valence-corrected chi connectivity index (χ1v) is 6.51. The highest BCUT2D eigenvalue weighted by atomic mass is 32.2. The Hall–Kier alpha value is -1.04. The first-order valence-electron chi connectivity index (χ1n) is 5.52. The van der Waals surface area contributed by atoms with Crippen molar-refractivity contribution in [2.75, 3.05) is 18.8 Å². The molecule has 1 aromatic rings. The van der Waals surface area contributed by atoms with Crippen LogP contribution >= 0.6 is 11.8 Å². The van der Waals surface area contributed by atoms with Gasteiger partial charge in [-0.1, -0.05) is 18.7 Å². The van der Waals surface area contributed by atoms with Crippen molar-refractivity contribution in [1.29, 1.82) is 0 Å². The van der Waals surface area contributed by atoms with Crippen LogP contribution < -0.4 is 0 Å². The molecule has 88 valence electrons. The van der Waals surface area contributed by atoms with E-state index in [-0.39, 0.29) is 5.91 Å². The van der Waals surface area contributed by atoms with Gasteiger partial charge >= 0.3 is 0 Å². The number of carbonyl (C=O) groups excluding carboxylic acids is 1. The molecule has 0 atom stereocenters. The highest BCUT2D eigenvalue weighted by Crippen LogP contribution is 2.18. The van der Waals surface area contributed by atoms with E-state index in [1.54, 1.807) is 0 Å². The zero-order valence-electron chi connectivity index (χ0n) is 9.31. The predicted molar refractivity (Wildman–Crippen MR) is 60.2 cm³/mol. The van der Waals surface area contributed by atoms with Gasteiger partial charge in [-0.3, -0.25) is 4.79 Å². The number of hydrogen-bond acceptors (Lipinski definition) is 5. The molecule has 0 bridgehead atoms. The minimum Gasteiger partial charge on any atom is -0.416 e. The van der Waals surface area contributed by atoms with Gasteiger partial charge in [0, 0.05) is 19.5 Å². The third kappa shape index (κ3) is 2.75. The fourth-order valence-electron chi connectivity index (χ4n) is 1.62. The van der Waals surface area contributed by atoms with E-state index in [2.05, 4.69) is 10.2 Å². The third-order valence-corrected chi connectivity index (χ3v) is 3.33. The Morgan fingerprint density at radius 1 is 1.44 bits per heavy atom. The second-order valence-electron chi connectivity index (χ2n) is 3.69. The van der Waals surface area contributed by atoms with Crippen molar-refractivity contribution in [3.8, 4) is 0 Å². The van der Waals surface area contributed by atoms with E-state index in [1.807, 2.05) is 11.8 Å². The molecular weight excluding hydrogens is 226 g/mol.